The number of methoxy groups -OCH3 is 2. The van der Waals surface area contributed by atoms with Gasteiger partial charge >= 0.3 is 5.97 Å². The second kappa shape index (κ2) is 11.0. The predicted molar refractivity (Wildman–Crippen MR) is 112 cm³/mol. The first-order valence-corrected chi connectivity index (χ1v) is 9.06. The predicted octanol–water partition coefficient (Wildman–Crippen LogP) is 3.86. The Morgan fingerprint density at radius 1 is 1.06 bits per heavy atom. The molecule has 160 valence electrons. The van der Waals surface area contributed by atoms with Crippen LogP contribution in [0.4, 0.5) is 0 Å². The highest BCUT2D eigenvalue weighted by molar-refractivity contribution is 5.99. The van der Waals surface area contributed by atoms with Crippen LogP contribution in [0.15, 0.2) is 48.2 Å². The van der Waals surface area contributed by atoms with Gasteiger partial charge < -0.3 is 18.9 Å². The summed E-state index contributed by atoms with van der Waals surface area (Å²) < 4.78 is 21.2. The van der Waals surface area contributed by atoms with Crippen molar-refractivity contribution in [3.05, 3.63) is 69.4 Å². The zero-order chi connectivity index (χ0) is 22.8. The smallest absolute Gasteiger partial charge is 0.354 e. The van der Waals surface area contributed by atoms with Gasteiger partial charge in [-0.15, -0.1) is 0 Å². The maximum atomic E-state index is 12.5. The lowest BCUT2D eigenvalue weighted by atomic mass is 10.1. The minimum atomic E-state index is -0.887. The number of nitro groups is 1. The lowest BCUT2D eigenvalue weighted by Crippen LogP contribution is -2.11. The Hall–Kier alpha value is -4.32. The third-order valence-corrected chi connectivity index (χ3v) is 3.92. The van der Waals surface area contributed by atoms with Crippen molar-refractivity contribution < 1.29 is 28.7 Å². The van der Waals surface area contributed by atoms with Gasteiger partial charge in [-0.25, -0.2) is 4.79 Å². The van der Waals surface area contributed by atoms with Gasteiger partial charge in [0.25, 0.3) is 0 Å². The summed E-state index contributed by atoms with van der Waals surface area (Å²) in [5.41, 5.74) is 0.775. The molecule has 0 heterocycles. The van der Waals surface area contributed by atoms with Crippen LogP contribution in [0, 0.1) is 21.4 Å². The van der Waals surface area contributed by atoms with Crippen molar-refractivity contribution in [2.75, 3.05) is 20.8 Å². The molecule has 0 saturated carbocycles. The molecule has 0 aromatic heterocycles. The van der Waals surface area contributed by atoms with Crippen molar-refractivity contribution in [2.24, 2.45) is 0 Å². The first-order valence-electron chi connectivity index (χ1n) is 9.06. The molecule has 31 heavy (non-hydrogen) atoms. The molecule has 9 nitrogen and oxygen atoms in total. The van der Waals surface area contributed by atoms with Gasteiger partial charge in [0.2, 0.25) is 6.20 Å². The van der Waals surface area contributed by atoms with Crippen LogP contribution in [0.5, 0.6) is 23.0 Å². The number of carbonyl (C=O) groups is 1. The van der Waals surface area contributed by atoms with E-state index in [-0.39, 0.29) is 17.1 Å². The van der Waals surface area contributed by atoms with Gasteiger partial charge in [-0.05, 0) is 48.4 Å². The highest BCUT2D eigenvalue weighted by Gasteiger charge is 2.16. The number of benzene rings is 2. The zero-order valence-electron chi connectivity index (χ0n) is 17.2. The maximum absolute atomic E-state index is 12.5. The van der Waals surface area contributed by atoms with E-state index in [0.29, 0.717) is 29.2 Å². The van der Waals surface area contributed by atoms with Gasteiger partial charge in [0.15, 0.2) is 23.0 Å². The third-order valence-electron chi connectivity index (χ3n) is 3.92. The minimum Gasteiger partial charge on any atom is -0.493 e. The molecule has 0 saturated heterocycles. The second-order valence-electron chi connectivity index (χ2n) is 5.91. The lowest BCUT2D eigenvalue weighted by Gasteiger charge is -2.10. The van der Waals surface area contributed by atoms with E-state index in [1.54, 1.807) is 18.2 Å². The Morgan fingerprint density at radius 3 is 2.29 bits per heavy atom. The standard InChI is InChI=1S/C22H20N2O7/c1-4-30-18-7-6-16(13-20(18)28-2)11-17(14-23)22(25)31-19-8-5-15(9-10-24(26)27)12-21(19)29-3/h5-13H,4H2,1-3H3/b10-9+,17-11+. The molecule has 0 spiro atoms. The van der Waals surface area contributed by atoms with E-state index >= 15 is 0 Å². The topological polar surface area (TPSA) is 121 Å². The number of ether oxygens (including phenoxy) is 4. The van der Waals surface area contributed by atoms with E-state index in [4.69, 9.17) is 18.9 Å². The molecule has 2 rings (SSSR count). The number of hydrogen-bond acceptors (Lipinski definition) is 8. The molecule has 0 bridgehead atoms. The quantitative estimate of drug-likeness (QED) is 0.149. The molecule has 0 amide bonds. The van der Waals surface area contributed by atoms with Crippen LogP contribution < -0.4 is 18.9 Å². The number of nitriles is 1. The summed E-state index contributed by atoms with van der Waals surface area (Å²) in [6, 6.07) is 11.2. The summed E-state index contributed by atoms with van der Waals surface area (Å²) in [4.78, 5) is 22.4. The van der Waals surface area contributed by atoms with Crippen molar-refractivity contribution in [3.8, 4) is 29.1 Å². The average molecular weight is 424 g/mol. The van der Waals surface area contributed by atoms with Gasteiger partial charge in [0.05, 0.1) is 25.7 Å². The Morgan fingerprint density at radius 2 is 1.68 bits per heavy atom. The van der Waals surface area contributed by atoms with Gasteiger partial charge in [-0.1, -0.05) is 12.1 Å². The molecule has 0 atom stereocenters. The number of rotatable bonds is 9. The summed E-state index contributed by atoms with van der Waals surface area (Å²) in [5.74, 6) is 0.359. The van der Waals surface area contributed by atoms with Crippen LogP contribution in [0.2, 0.25) is 0 Å². The van der Waals surface area contributed by atoms with Crippen LogP contribution in [0.1, 0.15) is 18.1 Å². The molecule has 2 aromatic rings. The molecule has 0 radical (unpaired) electrons. The lowest BCUT2D eigenvalue weighted by molar-refractivity contribution is -0.400. The monoisotopic (exact) mass is 424 g/mol. The fourth-order valence-corrected chi connectivity index (χ4v) is 2.53. The Kier molecular flexibility index (Phi) is 8.16. The normalized spacial score (nSPS) is 11.0. The van der Waals surface area contributed by atoms with Crippen LogP contribution in [-0.4, -0.2) is 31.7 Å². The van der Waals surface area contributed by atoms with Crippen molar-refractivity contribution in [1.29, 1.82) is 5.26 Å². The summed E-state index contributed by atoms with van der Waals surface area (Å²) in [6.07, 6.45) is 3.41. The fraction of sp³-hybridized carbons (Fsp3) is 0.182. The molecular formula is C22H20N2O7. The van der Waals surface area contributed by atoms with Gasteiger partial charge in [0.1, 0.15) is 11.6 Å². The van der Waals surface area contributed by atoms with Crippen LogP contribution in [0.25, 0.3) is 12.2 Å². The van der Waals surface area contributed by atoms with E-state index in [1.165, 1.54) is 44.6 Å². The van der Waals surface area contributed by atoms with Crippen molar-refractivity contribution in [3.63, 3.8) is 0 Å². The Labute approximate surface area is 178 Å². The van der Waals surface area contributed by atoms with Gasteiger partial charge in [-0.2, -0.15) is 5.26 Å². The van der Waals surface area contributed by atoms with E-state index in [9.17, 15) is 20.2 Å². The molecule has 9 heteroatoms. The summed E-state index contributed by atoms with van der Waals surface area (Å²) in [7, 11) is 2.85. The van der Waals surface area contributed by atoms with E-state index in [1.807, 2.05) is 13.0 Å². The molecule has 2 aromatic carbocycles. The first kappa shape index (κ1) is 23.0. The van der Waals surface area contributed by atoms with Crippen LogP contribution in [0.3, 0.4) is 0 Å². The van der Waals surface area contributed by atoms with Crippen LogP contribution >= 0.6 is 0 Å². The maximum Gasteiger partial charge on any atom is 0.354 e. The number of hydrogen-bond donors (Lipinski definition) is 0. The van der Waals surface area contributed by atoms with Gasteiger partial charge in [-0.3, -0.25) is 10.1 Å². The number of carbonyl (C=O) groups excluding carboxylic acids is 1. The zero-order valence-corrected chi connectivity index (χ0v) is 17.2. The van der Waals surface area contributed by atoms with Crippen molar-refractivity contribution in [1.82, 2.24) is 0 Å². The first-order chi connectivity index (χ1) is 14.9. The Balaban J connectivity index is 2.27. The Bertz CT molecular complexity index is 1070. The third kappa shape index (κ3) is 6.33. The minimum absolute atomic E-state index is 0.0659. The molecule has 0 fully saturated rings. The summed E-state index contributed by atoms with van der Waals surface area (Å²) in [6.45, 7) is 2.31. The fourth-order valence-electron chi connectivity index (χ4n) is 2.53. The molecule has 0 aliphatic heterocycles. The molecule has 0 N–H and O–H groups in total. The number of nitrogens with zero attached hydrogens (tertiary/aromatic N) is 2. The largest absolute Gasteiger partial charge is 0.493 e. The second-order valence-corrected chi connectivity index (χ2v) is 5.91. The molecular weight excluding hydrogens is 404 g/mol. The summed E-state index contributed by atoms with van der Waals surface area (Å²) >= 11 is 0. The van der Waals surface area contributed by atoms with Crippen LogP contribution in [-0.2, 0) is 4.79 Å². The average Bonchev–Trinajstić information content (AvgIpc) is 2.77. The van der Waals surface area contributed by atoms with Gasteiger partial charge in [0, 0.05) is 6.08 Å². The van der Waals surface area contributed by atoms with Crippen molar-refractivity contribution in [2.45, 2.75) is 6.92 Å². The molecule has 0 unspecified atom stereocenters. The molecule has 0 aliphatic rings. The SMILES string of the molecule is CCOc1ccc(/C=C(\C#N)C(=O)Oc2ccc(/C=C/[N+](=O)[O-])cc2OC)cc1OC. The summed E-state index contributed by atoms with van der Waals surface area (Å²) in [5, 5.41) is 19.9. The van der Waals surface area contributed by atoms with Crippen molar-refractivity contribution >= 4 is 18.1 Å². The highest BCUT2D eigenvalue weighted by atomic mass is 16.6. The molecule has 0 aliphatic carbocycles. The van der Waals surface area contributed by atoms with E-state index in [0.717, 1.165) is 6.20 Å². The highest BCUT2D eigenvalue weighted by Crippen LogP contribution is 2.31. The number of esters is 1. The van der Waals surface area contributed by atoms with E-state index < -0.39 is 10.9 Å². The van der Waals surface area contributed by atoms with E-state index in [2.05, 4.69) is 0 Å².